The van der Waals surface area contributed by atoms with Gasteiger partial charge < -0.3 is 5.32 Å². The second kappa shape index (κ2) is 7.25. The Bertz CT molecular complexity index is 743. The molecule has 9 heteroatoms. The van der Waals surface area contributed by atoms with Gasteiger partial charge in [-0.2, -0.15) is 5.10 Å². The Balaban J connectivity index is 2.02. The van der Waals surface area contributed by atoms with Gasteiger partial charge in [0.25, 0.3) is 12.1 Å². The normalized spacial score (nSPS) is 11.1. The fraction of sp³-hybridized carbons (Fsp3) is 0.143. The summed E-state index contributed by atoms with van der Waals surface area (Å²) in [4.78, 5) is 22.0. The molecule has 0 unspecified atom stereocenters. The summed E-state index contributed by atoms with van der Waals surface area (Å²) in [6.45, 7) is -0.568. The summed E-state index contributed by atoms with van der Waals surface area (Å²) in [6, 6.07) is 5.96. The molecule has 2 aromatic rings. The van der Waals surface area contributed by atoms with Crippen LogP contribution in [0.1, 0.15) is 5.56 Å². The van der Waals surface area contributed by atoms with Crippen LogP contribution in [0.5, 0.6) is 0 Å². The van der Waals surface area contributed by atoms with Gasteiger partial charge in [0.2, 0.25) is 5.91 Å². The zero-order valence-corrected chi connectivity index (χ0v) is 11.7. The molecule has 1 amide bonds. The van der Waals surface area contributed by atoms with Crippen LogP contribution in [0.4, 0.5) is 20.2 Å². The van der Waals surface area contributed by atoms with E-state index in [-0.39, 0.29) is 16.9 Å². The summed E-state index contributed by atoms with van der Waals surface area (Å²) in [5, 5.41) is 17.0. The molecule has 1 aromatic carbocycles. The molecule has 0 aliphatic heterocycles. The molecule has 0 radical (unpaired) electrons. The molecule has 0 saturated heterocycles. The number of nitro benzene ring substituents is 1. The topological polar surface area (TPSA) is 90.1 Å². The van der Waals surface area contributed by atoms with Gasteiger partial charge in [-0.3, -0.25) is 19.6 Å². The monoisotopic (exact) mass is 322 g/mol. The number of nitrogens with one attached hydrogen (secondary N) is 1. The molecule has 120 valence electrons. The molecule has 2 rings (SSSR count). The second-order valence-electron chi connectivity index (χ2n) is 4.48. The molecule has 0 fully saturated rings. The first-order valence-electron chi connectivity index (χ1n) is 6.49. The van der Waals surface area contributed by atoms with Crippen LogP contribution in [0.25, 0.3) is 6.08 Å². The molecule has 0 spiro atoms. The Kier molecular flexibility index (Phi) is 5.13. The molecule has 0 bridgehead atoms. The Hall–Kier alpha value is -3.10. The lowest BCUT2D eigenvalue weighted by atomic mass is 10.1. The zero-order valence-electron chi connectivity index (χ0n) is 11.7. The molecule has 23 heavy (non-hydrogen) atoms. The van der Waals surface area contributed by atoms with Gasteiger partial charge in [-0.25, -0.2) is 8.78 Å². The van der Waals surface area contributed by atoms with Crippen molar-refractivity contribution in [1.29, 1.82) is 0 Å². The average molecular weight is 322 g/mol. The quantitative estimate of drug-likeness (QED) is 0.503. The van der Waals surface area contributed by atoms with E-state index in [2.05, 4.69) is 10.4 Å². The number of nitro groups is 1. The lowest BCUT2D eigenvalue weighted by molar-refractivity contribution is -0.385. The third kappa shape index (κ3) is 4.70. The maximum absolute atomic E-state index is 12.2. The predicted molar refractivity (Wildman–Crippen MR) is 79.0 cm³/mol. The van der Waals surface area contributed by atoms with Gasteiger partial charge in [-0.05, 0) is 12.1 Å². The minimum atomic E-state index is -2.54. The van der Waals surface area contributed by atoms with Gasteiger partial charge in [0.15, 0.2) is 0 Å². The Morgan fingerprint density at radius 3 is 2.87 bits per heavy atom. The van der Waals surface area contributed by atoms with Gasteiger partial charge in [0, 0.05) is 18.3 Å². The first-order chi connectivity index (χ1) is 11.0. The third-order valence-electron chi connectivity index (χ3n) is 2.77. The summed E-state index contributed by atoms with van der Waals surface area (Å²) in [7, 11) is 0. The standard InChI is InChI=1S/C14H12F2N4O3/c15-13(16)9-19-8-11(7-17-19)18-14(21)6-5-10-3-1-2-4-12(10)20(22)23/h1-8,13H,9H2,(H,18,21)/b6-5+. The number of amides is 1. The van der Waals surface area contributed by atoms with Crippen LogP contribution in [0.2, 0.25) is 0 Å². The van der Waals surface area contributed by atoms with Crippen molar-refractivity contribution < 1.29 is 18.5 Å². The van der Waals surface area contributed by atoms with Crippen molar-refractivity contribution in [3.63, 3.8) is 0 Å². The van der Waals surface area contributed by atoms with E-state index in [1.54, 1.807) is 6.07 Å². The molecule has 1 N–H and O–H groups in total. The number of benzene rings is 1. The zero-order chi connectivity index (χ0) is 16.8. The Morgan fingerprint density at radius 1 is 1.43 bits per heavy atom. The summed E-state index contributed by atoms with van der Waals surface area (Å²) in [5.41, 5.74) is 0.408. The first kappa shape index (κ1) is 16.3. The highest BCUT2D eigenvalue weighted by Gasteiger charge is 2.10. The number of nitrogens with zero attached hydrogens (tertiary/aromatic N) is 3. The molecule has 7 nitrogen and oxygen atoms in total. The van der Waals surface area contributed by atoms with Crippen molar-refractivity contribution in [3.05, 3.63) is 58.4 Å². The van der Waals surface area contributed by atoms with E-state index in [1.165, 1.54) is 36.7 Å². The van der Waals surface area contributed by atoms with Crippen LogP contribution >= 0.6 is 0 Å². The van der Waals surface area contributed by atoms with Gasteiger partial charge in [-0.1, -0.05) is 12.1 Å². The second-order valence-corrected chi connectivity index (χ2v) is 4.48. The van der Waals surface area contributed by atoms with Crippen LogP contribution in [-0.2, 0) is 11.3 Å². The fourth-order valence-electron chi connectivity index (χ4n) is 1.81. The van der Waals surface area contributed by atoms with Crippen LogP contribution in [0.15, 0.2) is 42.7 Å². The van der Waals surface area contributed by atoms with Crippen LogP contribution in [0, 0.1) is 10.1 Å². The van der Waals surface area contributed by atoms with E-state index in [9.17, 15) is 23.7 Å². The number of halogens is 2. The molecule has 0 aliphatic rings. The number of rotatable bonds is 6. The fourth-order valence-corrected chi connectivity index (χ4v) is 1.81. The Labute approximate surface area is 129 Å². The largest absolute Gasteiger partial charge is 0.320 e. The number of hydrogen-bond donors (Lipinski definition) is 1. The van der Waals surface area contributed by atoms with Crippen molar-refractivity contribution in [3.8, 4) is 0 Å². The van der Waals surface area contributed by atoms with Gasteiger partial charge in [0.05, 0.1) is 22.4 Å². The third-order valence-corrected chi connectivity index (χ3v) is 2.77. The van der Waals surface area contributed by atoms with Crippen molar-refractivity contribution in [1.82, 2.24) is 9.78 Å². The summed E-state index contributed by atoms with van der Waals surface area (Å²) in [6.07, 6.45) is 2.38. The predicted octanol–water partition coefficient (Wildman–Crippen LogP) is 2.71. The van der Waals surface area contributed by atoms with E-state index < -0.39 is 23.8 Å². The number of carbonyl (C=O) groups is 1. The molecule has 0 atom stereocenters. The van der Waals surface area contributed by atoms with Crippen molar-refractivity contribution in [2.75, 3.05) is 5.32 Å². The maximum atomic E-state index is 12.2. The molecular weight excluding hydrogens is 310 g/mol. The van der Waals surface area contributed by atoms with E-state index >= 15 is 0 Å². The smallest absolute Gasteiger partial charge is 0.276 e. The number of alkyl halides is 2. The molecule has 0 aliphatic carbocycles. The Morgan fingerprint density at radius 2 is 2.17 bits per heavy atom. The number of para-hydroxylation sites is 1. The summed E-state index contributed by atoms with van der Waals surface area (Å²) < 4.78 is 25.4. The first-order valence-corrected chi connectivity index (χ1v) is 6.49. The van der Waals surface area contributed by atoms with Gasteiger partial charge >= 0.3 is 0 Å². The minimum absolute atomic E-state index is 0.124. The van der Waals surface area contributed by atoms with E-state index in [0.29, 0.717) is 0 Å². The molecule has 0 saturated carbocycles. The number of anilines is 1. The lowest BCUT2D eigenvalue weighted by Crippen LogP contribution is -2.08. The highest BCUT2D eigenvalue weighted by Crippen LogP contribution is 2.19. The highest BCUT2D eigenvalue weighted by molar-refractivity contribution is 6.02. The SMILES string of the molecule is O=C(/C=C/c1ccccc1[N+](=O)[O-])Nc1cnn(CC(F)F)c1. The van der Waals surface area contributed by atoms with E-state index in [0.717, 1.165) is 10.8 Å². The van der Waals surface area contributed by atoms with Gasteiger partial charge in [0.1, 0.15) is 6.54 Å². The summed E-state index contributed by atoms with van der Waals surface area (Å²) >= 11 is 0. The van der Waals surface area contributed by atoms with Crippen LogP contribution in [0.3, 0.4) is 0 Å². The number of hydrogen-bond acceptors (Lipinski definition) is 4. The minimum Gasteiger partial charge on any atom is -0.320 e. The van der Waals surface area contributed by atoms with Crippen LogP contribution < -0.4 is 5.32 Å². The van der Waals surface area contributed by atoms with E-state index in [4.69, 9.17) is 0 Å². The lowest BCUT2D eigenvalue weighted by Gasteiger charge is -1.99. The van der Waals surface area contributed by atoms with Crippen molar-refractivity contribution in [2.24, 2.45) is 0 Å². The van der Waals surface area contributed by atoms with Crippen LogP contribution in [-0.4, -0.2) is 27.0 Å². The average Bonchev–Trinajstić information content (AvgIpc) is 2.91. The maximum Gasteiger partial charge on any atom is 0.276 e. The highest BCUT2D eigenvalue weighted by atomic mass is 19.3. The summed E-state index contributed by atoms with van der Waals surface area (Å²) in [5.74, 6) is -0.556. The molecule has 1 aromatic heterocycles. The molecular formula is C14H12F2N4O3. The van der Waals surface area contributed by atoms with Crippen molar-refractivity contribution in [2.45, 2.75) is 13.0 Å². The van der Waals surface area contributed by atoms with Gasteiger partial charge in [-0.15, -0.1) is 0 Å². The van der Waals surface area contributed by atoms with Crippen molar-refractivity contribution >= 4 is 23.4 Å². The van der Waals surface area contributed by atoms with E-state index in [1.807, 2.05) is 0 Å². The molecule has 1 heterocycles. The number of carbonyl (C=O) groups excluding carboxylic acids is 1. The number of aromatic nitrogens is 2.